The molecular weight excluding hydrogens is 167 g/mol. The average Bonchev–Trinajstić information content (AvgIpc) is 2.91. The van der Waals surface area contributed by atoms with Crippen molar-refractivity contribution in [2.24, 2.45) is 11.7 Å². The first-order valence-electron chi connectivity index (χ1n) is 4.49. The summed E-state index contributed by atoms with van der Waals surface area (Å²) in [6.07, 6.45) is 2.36. The molecule has 13 heavy (non-hydrogen) atoms. The minimum absolute atomic E-state index is 0.0305. The fourth-order valence-electron chi connectivity index (χ4n) is 1.50. The molecule has 1 fully saturated rings. The highest BCUT2D eigenvalue weighted by Crippen LogP contribution is 2.39. The van der Waals surface area contributed by atoms with Gasteiger partial charge in [0, 0.05) is 6.04 Å². The summed E-state index contributed by atoms with van der Waals surface area (Å²) in [5.41, 5.74) is 12.5. The van der Waals surface area contributed by atoms with Gasteiger partial charge in [0.25, 0.3) is 0 Å². The van der Waals surface area contributed by atoms with Crippen LogP contribution in [0, 0.1) is 11.7 Å². The predicted molar refractivity (Wildman–Crippen MR) is 50.5 cm³/mol. The van der Waals surface area contributed by atoms with Crippen LogP contribution in [0.15, 0.2) is 18.2 Å². The maximum absolute atomic E-state index is 12.8. The maximum atomic E-state index is 12.8. The van der Waals surface area contributed by atoms with Gasteiger partial charge in [0.15, 0.2) is 0 Å². The molecule has 1 aliphatic rings. The van der Waals surface area contributed by atoms with Crippen LogP contribution in [0.25, 0.3) is 0 Å². The number of benzene rings is 1. The van der Waals surface area contributed by atoms with Crippen molar-refractivity contribution in [1.82, 2.24) is 0 Å². The molecule has 2 rings (SSSR count). The highest BCUT2D eigenvalue weighted by atomic mass is 19.1. The molecule has 1 atom stereocenters. The lowest BCUT2D eigenvalue weighted by Crippen LogP contribution is -2.12. The molecule has 70 valence electrons. The Labute approximate surface area is 76.7 Å². The third-order valence-electron chi connectivity index (χ3n) is 2.53. The fraction of sp³-hybridized carbons (Fsp3) is 0.400. The summed E-state index contributed by atoms with van der Waals surface area (Å²) in [7, 11) is 0. The molecular formula is C10H13FN2. The van der Waals surface area contributed by atoms with Gasteiger partial charge in [-0.3, -0.25) is 0 Å². The molecule has 2 nitrogen and oxygen atoms in total. The van der Waals surface area contributed by atoms with Crippen LogP contribution in [0.4, 0.5) is 10.1 Å². The number of hydrogen-bond donors (Lipinski definition) is 2. The number of rotatable bonds is 2. The summed E-state index contributed by atoms with van der Waals surface area (Å²) in [6.45, 7) is 0. The van der Waals surface area contributed by atoms with E-state index >= 15 is 0 Å². The quantitative estimate of drug-likeness (QED) is 0.682. The van der Waals surface area contributed by atoms with Gasteiger partial charge in [0.1, 0.15) is 5.82 Å². The zero-order chi connectivity index (χ0) is 9.42. The van der Waals surface area contributed by atoms with Crippen LogP contribution >= 0.6 is 0 Å². The Kier molecular flexibility index (Phi) is 1.96. The van der Waals surface area contributed by atoms with E-state index in [1.54, 1.807) is 12.1 Å². The Hall–Kier alpha value is -1.09. The number of hydrogen-bond acceptors (Lipinski definition) is 2. The highest BCUT2D eigenvalue weighted by Gasteiger charge is 2.29. The second-order valence-corrected chi connectivity index (χ2v) is 3.64. The van der Waals surface area contributed by atoms with Crippen molar-refractivity contribution in [1.29, 1.82) is 0 Å². The summed E-state index contributed by atoms with van der Waals surface area (Å²) in [6, 6.07) is 4.77. The van der Waals surface area contributed by atoms with Crippen molar-refractivity contribution in [3.8, 4) is 0 Å². The normalized spacial score (nSPS) is 18.6. The van der Waals surface area contributed by atoms with Gasteiger partial charge in [-0.1, -0.05) is 6.07 Å². The van der Waals surface area contributed by atoms with E-state index in [0.29, 0.717) is 5.92 Å². The Morgan fingerprint density at radius 2 is 2.08 bits per heavy atom. The standard InChI is InChI=1S/C10H13FN2/c11-8-4-3-7(5-9(8)12)10(13)6-1-2-6/h3-6,10H,1-2,12-13H2. The summed E-state index contributed by atoms with van der Waals surface area (Å²) >= 11 is 0. The van der Waals surface area contributed by atoms with Gasteiger partial charge in [-0.15, -0.1) is 0 Å². The van der Waals surface area contributed by atoms with Crippen molar-refractivity contribution in [2.75, 3.05) is 5.73 Å². The third kappa shape index (κ3) is 1.65. The second kappa shape index (κ2) is 3.00. The van der Waals surface area contributed by atoms with E-state index in [-0.39, 0.29) is 17.5 Å². The Morgan fingerprint density at radius 1 is 1.38 bits per heavy atom. The summed E-state index contributed by atoms with van der Waals surface area (Å²) in [5, 5.41) is 0. The first kappa shape index (κ1) is 8.51. The van der Waals surface area contributed by atoms with E-state index in [4.69, 9.17) is 11.5 Å². The van der Waals surface area contributed by atoms with Crippen LogP contribution in [0.1, 0.15) is 24.4 Å². The second-order valence-electron chi connectivity index (χ2n) is 3.64. The summed E-state index contributed by atoms with van der Waals surface area (Å²) in [4.78, 5) is 0. The monoisotopic (exact) mass is 180 g/mol. The van der Waals surface area contributed by atoms with Crippen molar-refractivity contribution in [3.05, 3.63) is 29.6 Å². The lowest BCUT2D eigenvalue weighted by Gasteiger charge is -2.11. The minimum Gasteiger partial charge on any atom is -0.396 e. The lowest BCUT2D eigenvalue weighted by atomic mass is 10.0. The molecule has 0 spiro atoms. The van der Waals surface area contributed by atoms with Crippen LogP contribution in [0.5, 0.6) is 0 Å². The average molecular weight is 180 g/mol. The molecule has 0 bridgehead atoms. The van der Waals surface area contributed by atoms with Crippen LogP contribution in [-0.4, -0.2) is 0 Å². The van der Waals surface area contributed by atoms with E-state index in [0.717, 1.165) is 5.56 Å². The first-order valence-corrected chi connectivity index (χ1v) is 4.49. The van der Waals surface area contributed by atoms with Gasteiger partial charge in [-0.25, -0.2) is 4.39 Å². The Balaban J connectivity index is 2.24. The summed E-state index contributed by atoms with van der Waals surface area (Å²) in [5.74, 6) is 0.205. The fourth-order valence-corrected chi connectivity index (χ4v) is 1.50. The molecule has 0 aliphatic heterocycles. The van der Waals surface area contributed by atoms with E-state index < -0.39 is 0 Å². The molecule has 4 N–H and O–H groups in total. The Bertz CT molecular complexity index is 321. The van der Waals surface area contributed by atoms with Crippen LogP contribution in [0.3, 0.4) is 0 Å². The molecule has 3 heteroatoms. The van der Waals surface area contributed by atoms with Crippen LogP contribution in [0.2, 0.25) is 0 Å². The topological polar surface area (TPSA) is 52.0 Å². The Morgan fingerprint density at radius 3 is 2.62 bits per heavy atom. The maximum Gasteiger partial charge on any atom is 0.146 e. The largest absolute Gasteiger partial charge is 0.396 e. The highest BCUT2D eigenvalue weighted by molar-refractivity contribution is 5.43. The third-order valence-corrected chi connectivity index (χ3v) is 2.53. The van der Waals surface area contributed by atoms with Gasteiger partial charge in [0.2, 0.25) is 0 Å². The van der Waals surface area contributed by atoms with Crippen LogP contribution in [-0.2, 0) is 0 Å². The predicted octanol–water partition coefficient (Wildman–Crippen LogP) is 1.82. The van der Waals surface area contributed by atoms with Crippen LogP contribution < -0.4 is 11.5 Å². The zero-order valence-electron chi connectivity index (χ0n) is 7.33. The molecule has 1 aromatic rings. The molecule has 1 aromatic carbocycles. The minimum atomic E-state index is -0.369. The lowest BCUT2D eigenvalue weighted by molar-refractivity contribution is 0.616. The van der Waals surface area contributed by atoms with Gasteiger partial charge in [0.05, 0.1) is 5.69 Å². The number of halogens is 1. The number of nitrogen functional groups attached to an aromatic ring is 1. The van der Waals surface area contributed by atoms with E-state index in [1.807, 2.05) is 0 Å². The molecule has 1 saturated carbocycles. The van der Waals surface area contributed by atoms with E-state index in [1.165, 1.54) is 18.9 Å². The zero-order valence-corrected chi connectivity index (χ0v) is 7.33. The van der Waals surface area contributed by atoms with Gasteiger partial charge < -0.3 is 11.5 Å². The molecule has 1 unspecified atom stereocenters. The molecule has 0 heterocycles. The molecule has 0 radical (unpaired) electrons. The summed E-state index contributed by atoms with van der Waals surface area (Å²) < 4.78 is 12.8. The molecule has 0 saturated heterocycles. The van der Waals surface area contributed by atoms with Crippen molar-refractivity contribution >= 4 is 5.69 Å². The molecule has 0 aromatic heterocycles. The first-order chi connectivity index (χ1) is 6.18. The van der Waals surface area contributed by atoms with Crippen molar-refractivity contribution in [3.63, 3.8) is 0 Å². The van der Waals surface area contributed by atoms with Gasteiger partial charge in [-0.2, -0.15) is 0 Å². The van der Waals surface area contributed by atoms with E-state index in [2.05, 4.69) is 0 Å². The number of nitrogens with two attached hydrogens (primary N) is 2. The van der Waals surface area contributed by atoms with Gasteiger partial charge >= 0.3 is 0 Å². The molecule has 1 aliphatic carbocycles. The molecule has 0 amide bonds. The SMILES string of the molecule is Nc1cc(C(N)C2CC2)ccc1F. The van der Waals surface area contributed by atoms with Crippen molar-refractivity contribution in [2.45, 2.75) is 18.9 Å². The number of anilines is 1. The van der Waals surface area contributed by atoms with Gasteiger partial charge in [-0.05, 0) is 36.5 Å². The smallest absolute Gasteiger partial charge is 0.146 e. The van der Waals surface area contributed by atoms with E-state index in [9.17, 15) is 4.39 Å². The van der Waals surface area contributed by atoms with Crippen molar-refractivity contribution < 1.29 is 4.39 Å².